The number of nitrogens with zero attached hydrogens (tertiary/aromatic N) is 1. The van der Waals surface area contributed by atoms with Crippen molar-refractivity contribution in [2.24, 2.45) is 0 Å². The van der Waals surface area contributed by atoms with Crippen molar-refractivity contribution in [3.05, 3.63) is 70.8 Å². The van der Waals surface area contributed by atoms with E-state index in [-0.39, 0.29) is 22.6 Å². The Morgan fingerprint density at radius 1 is 0.633 bits per heavy atom. The van der Waals surface area contributed by atoms with Gasteiger partial charge in [0.1, 0.15) is 0 Å². The second-order valence-corrected chi connectivity index (χ2v) is 10.9. The highest BCUT2D eigenvalue weighted by atomic mass is 16.2. The highest BCUT2D eigenvalue weighted by Gasteiger charge is 2.30. The Labute approximate surface area is 181 Å². The van der Waals surface area contributed by atoms with Gasteiger partial charge in [-0.15, -0.1) is 0 Å². The predicted molar refractivity (Wildman–Crippen MR) is 124 cm³/mol. The van der Waals surface area contributed by atoms with Crippen molar-refractivity contribution in [2.75, 3.05) is 0 Å². The average molecular weight is 409 g/mol. The molecule has 0 atom stereocenters. The molecule has 0 radical (unpaired) electrons. The summed E-state index contributed by atoms with van der Waals surface area (Å²) in [5.74, 6) is -0.535. The van der Waals surface area contributed by atoms with Gasteiger partial charge in [0.15, 0.2) is 0 Å². The monoisotopic (exact) mass is 408 g/mol. The molecule has 0 spiro atoms. The van der Waals surface area contributed by atoms with E-state index in [1.807, 2.05) is 57.2 Å². The fraction of sp³-hybridized carbons (Fsp3) is 0.462. The van der Waals surface area contributed by atoms with Crippen LogP contribution in [-0.4, -0.2) is 22.4 Å². The zero-order chi connectivity index (χ0) is 22.9. The van der Waals surface area contributed by atoms with Gasteiger partial charge in [-0.2, -0.15) is 0 Å². The molecule has 0 aliphatic carbocycles. The van der Waals surface area contributed by atoms with E-state index in [1.54, 1.807) is 12.1 Å². The van der Waals surface area contributed by atoms with Crippen LogP contribution in [0.15, 0.2) is 48.5 Å². The van der Waals surface area contributed by atoms with E-state index in [4.69, 9.17) is 0 Å². The Bertz CT molecular complexity index is 891. The molecule has 2 aromatic carbocycles. The Kier molecular flexibility index (Phi) is 6.51. The van der Waals surface area contributed by atoms with Crippen LogP contribution in [-0.2, 0) is 10.8 Å². The van der Waals surface area contributed by atoms with Gasteiger partial charge in [-0.1, -0.05) is 65.8 Å². The molecule has 2 rings (SSSR count). The van der Waals surface area contributed by atoms with Crippen molar-refractivity contribution in [2.45, 2.75) is 78.7 Å². The Balaban J connectivity index is 2.26. The summed E-state index contributed by atoms with van der Waals surface area (Å²) in [6.45, 7) is 18.5. The van der Waals surface area contributed by atoms with Crippen LogP contribution in [0.1, 0.15) is 94.2 Å². The van der Waals surface area contributed by atoms with Crippen molar-refractivity contribution in [3.63, 3.8) is 0 Å². The van der Waals surface area contributed by atoms with E-state index in [9.17, 15) is 9.59 Å². The maximum atomic E-state index is 13.2. The van der Waals surface area contributed by atoms with Crippen LogP contribution in [0, 0.1) is 0 Å². The Hall–Kier alpha value is -2.62. The summed E-state index contributed by atoms with van der Waals surface area (Å²) in [6.07, 6.45) is 0. The second kappa shape index (κ2) is 8.25. The van der Waals surface area contributed by atoms with Crippen molar-refractivity contribution in [1.82, 2.24) is 10.4 Å². The molecule has 2 amide bonds. The number of benzene rings is 2. The first-order valence-electron chi connectivity index (χ1n) is 10.5. The molecule has 0 saturated heterocycles. The molecule has 4 nitrogen and oxygen atoms in total. The fourth-order valence-corrected chi connectivity index (χ4v) is 3.05. The van der Waals surface area contributed by atoms with Gasteiger partial charge in [0, 0.05) is 11.1 Å². The largest absolute Gasteiger partial charge is 0.272 e. The molecule has 0 heterocycles. The van der Waals surface area contributed by atoms with Crippen LogP contribution < -0.4 is 5.43 Å². The first-order valence-corrected chi connectivity index (χ1v) is 10.5. The predicted octanol–water partition coefficient (Wildman–Crippen LogP) is 5.87. The number of hydrogen-bond donors (Lipinski definition) is 1. The van der Waals surface area contributed by atoms with E-state index in [0.717, 1.165) is 11.1 Å². The molecular formula is C26H36N2O2. The number of amides is 2. The maximum absolute atomic E-state index is 13.2. The lowest BCUT2D eigenvalue weighted by Gasteiger charge is -2.35. The zero-order valence-corrected chi connectivity index (χ0v) is 19.9. The van der Waals surface area contributed by atoms with Gasteiger partial charge >= 0.3 is 0 Å². The Morgan fingerprint density at radius 2 is 1.00 bits per heavy atom. The van der Waals surface area contributed by atoms with E-state index in [0.29, 0.717) is 11.1 Å². The van der Waals surface area contributed by atoms with Gasteiger partial charge in [-0.3, -0.25) is 15.0 Å². The van der Waals surface area contributed by atoms with E-state index < -0.39 is 5.54 Å². The van der Waals surface area contributed by atoms with E-state index in [2.05, 4.69) is 47.0 Å². The molecule has 0 saturated carbocycles. The third kappa shape index (κ3) is 5.71. The summed E-state index contributed by atoms with van der Waals surface area (Å²) in [7, 11) is 0. The van der Waals surface area contributed by atoms with Gasteiger partial charge in [0.2, 0.25) is 0 Å². The number of rotatable bonds is 2. The van der Waals surface area contributed by atoms with Gasteiger partial charge < -0.3 is 0 Å². The van der Waals surface area contributed by atoms with Crippen LogP contribution in [0.2, 0.25) is 0 Å². The lowest BCUT2D eigenvalue weighted by Crippen LogP contribution is -2.55. The highest BCUT2D eigenvalue weighted by molar-refractivity contribution is 5.99. The molecule has 0 bridgehead atoms. The van der Waals surface area contributed by atoms with Crippen LogP contribution in [0.25, 0.3) is 0 Å². The molecule has 0 aliphatic rings. The van der Waals surface area contributed by atoms with Gasteiger partial charge in [0.25, 0.3) is 11.8 Å². The highest BCUT2D eigenvalue weighted by Crippen LogP contribution is 2.24. The van der Waals surface area contributed by atoms with E-state index >= 15 is 0 Å². The Morgan fingerprint density at radius 3 is 1.33 bits per heavy atom. The molecule has 30 heavy (non-hydrogen) atoms. The molecule has 0 aromatic heterocycles. The van der Waals surface area contributed by atoms with Crippen molar-refractivity contribution < 1.29 is 9.59 Å². The quantitative estimate of drug-likeness (QED) is 0.632. The van der Waals surface area contributed by atoms with Crippen molar-refractivity contribution >= 4 is 11.8 Å². The van der Waals surface area contributed by atoms with Gasteiger partial charge in [0.05, 0.1) is 5.54 Å². The third-order valence-electron chi connectivity index (χ3n) is 5.10. The van der Waals surface area contributed by atoms with Crippen LogP contribution in [0.4, 0.5) is 0 Å². The number of carbonyl (C=O) groups is 2. The summed E-state index contributed by atoms with van der Waals surface area (Å²) < 4.78 is 0. The average Bonchev–Trinajstić information content (AvgIpc) is 2.63. The zero-order valence-electron chi connectivity index (χ0n) is 19.9. The summed E-state index contributed by atoms with van der Waals surface area (Å²) in [5, 5.41) is 1.42. The number of hydrogen-bond acceptors (Lipinski definition) is 2. The molecule has 4 heteroatoms. The van der Waals surface area contributed by atoms with Crippen LogP contribution in [0.3, 0.4) is 0 Å². The minimum atomic E-state index is -0.583. The second-order valence-electron chi connectivity index (χ2n) is 10.9. The van der Waals surface area contributed by atoms with Crippen molar-refractivity contribution in [3.8, 4) is 0 Å². The number of carbonyl (C=O) groups excluding carboxylic acids is 2. The topological polar surface area (TPSA) is 49.4 Å². The molecule has 2 aromatic rings. The lowest BCUT2D eigenvalue weighted by molar-refractivity contribution is 0.0358. The SMILES string of the molecule is CC(C)(C)c1ccc(C(=O)NN(C(=O)c2ccc(C(C)(C)C)cc2)C(C)(C)C)cc1. The smallest absolute Gasteiger partial charge is 0.267 e. The maximum Gasteiger partial charge on any atom is 0.272 e. The normalized spacial score (nSPS) is 12.4. The first-order chi connectivity index (χ1) is 13.6. The van der Waals surface area contributed by atoms with Crippen LogP contribution >= 0.6 is 0 Å². The lowest BCUT2D eigenvalue weighted by atomic mass is 9.86. The number of nitrogens with one attached hydrogen (secondary N) is 1. The molecule has 0 fully saturated rings. The standard InChI is InChI=1S/C26H36N2O2/c1-24(2,3)20-14-10-18(11-15-20)22(29)27-28(26(7,8)9)23(30)19-12-16-21(17-13-19)25(4,5)6/h10-17H,1-9H3,(H,27,29). The van der Waals surface area contributed by atoms with Gasteiger partial charge in [-0.25, -0.2) is 5.01 Å². The van der Waals surface area contributed by atoms with Crippen LogP contribution in [0.5, 0.6) is 0 Å². The first kappa shape index (κ1) is 23.7. The molecule has 162 valence electrons. The minimum Gasteiger partial charge on any atom is -0.267 e. The molecule has 0 unspecified atom stereocenters. The summed E-state index contributed by atoms with van der Waals surface area (Å²) in [6, 6.07) is 15.1. The summed E-state index contributed by atoms with van der Waals surface area (Å²) in [4.78, 5) is 26.1. The third-order valence-corrected chi connectivity index (χ3v) is 5.10. The summed E-state index contributed by atoms with van der Waals surface area (Å²) >= 11 is 0. The van der Waals surface area contributed by atoms with E-state index in [1.165, 1.54) is 5.01 Å². The fourth-order valence-electron chi connectivity index (χ4n) is 3.05. The van der Waals surface area contributed by atoms with Gasteiger partial charge in [-0.05, 0) is 67.0 Å². The minimum absolute atomic E-state index is 0.0126. The summed E-state index contributed by atoms with van der Waals surface area (Å²) in [5.41, 5.74) is 5.64. The molecular weight excluding hydrogens is 372 g/mol. The van der Waals surface area contributed by atoms with Crippen molar-refractivity contribution in [1.29, 1.82) is 0 Å². The molecule has 1 N–H and O–H groups in total. The number of hydrazine groups is 1. The molecule has 0 aliphatic heterocycles.